The molecule has 0 aliphatic rings. The summed E-state index contributed by atoms with van der Waals surface area (Å²) in [5, 5.41) is 4.03. The van der Waals surface area contributed by atoms with Gasteiger partial charge in [-0.1, -0.05) is 23.7 Å². The molecule has 2 rings (SSSR count). The Morgan fingerprint density at radius 1 is 1.28 bits per heavy atom. The maximum Gasteiger partial charge on any atom is 0.250 e. The van der Waals surface area contributed by atoms with Crippen LogP contribution in [-0.4, -0.2) is 4.57 Å². The van der Waals surface area contributed by atoms with Crippen LogP contribution in [0.1, 0.15) is 11.1 Å². The van der Waals surface area contributed by atoms with Crippen molar-refractivity contribution in [3.8, 4) is 0 Å². The predicted octanol–water partition coefficient (Wildman–Crippen LogP) is 2.96. The van der Waals surface area contributed by atoms with Crippen LogP contribution in [0.4, 0.5) is 5.69 Å². The number of halogens is 1. The molecular formula is C14H15ClN2O. The number of hydrogen-bond acceptors (Lipinski definition) is 2. The highest BCUT2D eigenvalue weighted by molar-refractivity contribution is 6.31. The van der Waals surface area contributed by atoms with E-state index in [0.29, 0.717) is 6.54 Å². The number of anilines is 1. The van der Waals surface area contributed by atoms with Gasteiger partial charge >= 0.3 is 0 Å². The first-order chi connectivity index (χ1) is 8.56. The van der Waals surface area contributed by atoms with Gasteiger partial charge in [-0.05, 0) is 30.2 Å². The number of nitrogens with one attached hydrogen (secondary N) is 1. The molecule has 0 unspecified atom stereocenters. The van der Waals surface area contributed by atoms with E-state index < -0.39 is 0 Å². The van der Waals surface area contributed by atoms with Crippen LogP contribution in [0.2, 0.25) is 5.02 Å². The second-order valence-electron chi connectivity index (χ2n) is 4.30. The molecule has 0 spiro atoms. The third-order valence-electron chi connectivity index (χ3n) is 2.82. The Bertz CT molecular complexity index is 619. The largest absolute Gasteiger partial charge is 0.380 e. The van der Waals surface area contributed by atoms with E-state index in [9.17, 15) is 4.79 Å². The monoisotopic (exact) mass is 262 g/mol. The fraction of sp³-hybridized carbons (Fsp3) is 0.214. The molecule has 1 heterocycles. The minimum Gasteiger partial charge on any atom is -0.380 e. The van der Waals surface area contributed by atoms with E-state index in [0.717, 1.165) is 21.8 Å². The zero-order valence-corrected chi connectivity index (χ0v) is 11.2. The number of pyridine rings is 1. The zero-order valence-electron chi connectivity index (χ0n) is 10.4. The Morgan fingerprint density at radius 3 is 2.72 bits per heavy atom. The highest BCUT2D eigenvalue weighted by Gasteiger charge is 1.99. The van der Waals surface area contributed by atoms with Gasteiger partial charge < -0.3 is 9.88 Å². The predicted molar refractivity (Wildman–Crippen MR) is 75.2 cm³/mol. The Morgan fingerprint density at radius 2 is 2.06 bits per heavy atom. The van der Waals surface area contributed by atoms with E-state index in [2.05, 4.69) is 5.32 Å². The molecular weight excluding hydrogens is 248 g/mol. The van der Waals surface area contributed by atoms with Gasteiger partial charge in [0.05, 0.1) is 5.69 Å². The minimum absolute atomic E-state index is 0.0149. The molecule has 0 amide bonds. The number of nitrogens with zero attached hydrogens (tertiary/aromatic N) is 1. The van der Waals surface area contributed by atoms with E-state index in [4.69, 9.17) is 11.6 Å². The Hall–Kier alpha value is -1.74. The van der Waals surface area contributed by atoms with Crippen molar-refractivity contribution in [1.82, 2.24) is 4.57 Å². The van der Waals surface area contributed by atoms with Crippen LogP contribution >= 0.6 is 11.6 Å². The molecule has 3 nitrogen and oxygen atoms in total. The van der Waals surface area contributed by atoms with Gasteiger partial charge in [0.2, 0.25) is 5.56 Å². The summed E-state index contributed by atoms with van der Waals surface area (Å²) in [6, 6.07) is 9.31. The Kier molecular flexibility index (Phi) is 3.72. The van der Waals surface area contributed by atoms with E-state index in [1.165, 1.54) is 0 Å². The normalized spacial score (nSPS) is 10.4. The average Bonchev–Trinajstić information content (AvgIpc) is 2.35. The van der Waals surface area contributed by atoms with Gasteiger partial charge in [-0.2, -0.15) is 0 Å². The summed E-state index contributed by atoms with van der Waals surface area (Å²) in [5.41, 5.74) is 3.08. The maximum absolute atomic E-state index is 11.2. The molecule has 0 atom stereocenters. The number of hydrogen-bond donors (Lipinski definition) is 1. The van der Waals surface area contributed by atoms with Gasteiger partial charge in [-0.15, -0.1) is 0 Å². The molecule has 0 radical (unpaired) electrons. The number of aromatic nitrogens is 1. The van der Waals surface area contributed by atoms with Crippen LogP contribution in [0.25, 0.3) is 0 Å². The maximum atomic E-state index is 11.2. The van der Waals surface area contributed by atoms with Crippen LogP contribution in [-0.2, 0) is 13.6 Å². The SMILES string of the molecule is Cc1ccc(CNc2ccc(=O)n(C)c2)cc1Cl. The van der Waals surface area contributed by atoms with Gasteiger partial charge in [-0.3, -0.25) is 4.79 Å². The molecule has 0 bridgehead atoms. The summed E-state index contributed by atoms with van der Waals surface area (Å²) in [6.07, 6.45) is 1.78. The summed E-state index contributed by atoms with van der Waals surface area (Å²) in [7, 11) is 1.73. The molecule has 2 aromatic rings. The lowest BCUT2D eigenvalue weighted by atomic mass is 10.1. The summed E-state index contributed by atoms with van der Waals surface area (Å²) >= 11 is 6.07. The minimum atomic E-state index is -0.0149. The third kappa shape index (κ3) is 2.93. The molecule has 4 heteroatoms. The first-order valence-electron chi connectivity index (χ1n) is 5.72. The molecule has 0 saturated carbocycles. The lowest BCUT2D eigenvalue weighted by molar-refractivity contribution is 0.859. The van der Waals surface area contributed by atoms with Gasteiger partial charge in [-0.25, -0.2) is 0 Å². The van der Waals surface area contributed by atoms with Crippen molar-refractivity contribution in [2.45, 2.75) is 13.5 Å². The summed E-state index contributed by atoms with van der Waals surface area (Å²) in [5.74, 6) is 0. The smallest absolute Gasteiger partial charge is 0.250 e. The van der Waals surface area contributed by atoms with Crippen LogP contribution in [0, 0.1) is 6.92 Å². The van der Waals surface area contributed by atoms with Gasteiger partial charge in [0.1, 0.15) is 0 Å². The van der Waals surface area contributed by atoms with Crippen molar-refractivity contribution in [2.24, 2.45) is 7.05 Å². The van der Waals surface area contributed by atoms with Crippen molar-refractivity contribution in [3.05, 3.63) is 63.0 Å². The molecule has 0 aliphatic heterocycles. The average molecular weight is 263 g/mol. The molecule has 0 saturated heterocycles. The van der Waals surface area contributed by atoms with E-state index >= 15 is 0 Å². The molecule has 1 N–H and O–H groups in total. The highest BCUT2D eigenvalue weighted by atomic mass is 35.5. The van der Waals surface area contributed by atoms with Gasteiger partial charge in [0.25, 0.3) is 0 Å². The lowest BCUT2D eigenvalue weighted by Gasteiger charge is -2.08. The van der Waals surface area contributed by atoms with Crippen LogP contribution < -0.4 is 10.9 Å². The Balaban J connectivity index is 2.09. The molecule has 0 fully saturated rings. The van der Waals surface area contributed by atoms with Gasteiger partial charge in [0, 0.05) is 30.9 Å². The first-order valence-corrected chi connectivity index (χ1v) is 6.09. The molecule has 1 aromatic carbocycles. The fourth-order valence-corrected chi connectivity index (χ4v) is 1.85. The first kappa shape index (κ1) is 12.7. The second kappa shape index (κ2) is 5.27. The van der Waals surface area contributed by atoms with Crippen molar-refractivity contribution >= 4 is 17.3 Å². The fourth-order valence-electron chi connectivity index (χ4n) is 1.65. The molecule has 94 valence electrons. The number of benzene rings is 1. The highest BCUT2D eigenvalue weighted by Crippen LogP contribution is 2.17. The second-order valence-corrected chi connectivity index (χ2v) is 4.71. The standard InChI is InChI=1S/C14H15ClN2O/c1-10-3-4-11(7-13(10)15)8-16-12-5-6-14(18)17(2)9-12/h3-7,9,16H,8H2,1-2H3. The summed E-state index contributed by atoms with van der Waals surface area (Å²) in [4.78, 5) is 11.2. The van der Waals surface area contributed by atoms with Crippen molar-refractivity contribution in [1.29, 1.82) is 0 Å². The van der Waals surface area contributed by atoms with Crippen LogP contribution in [0.15, 0.2) is 41.3 Å². The van der Waals surface area contributed by atoms with E-state index in [1.54, 1.807) is 29.9 Å². The molecule has 18 heavy (non-hydrogen) atoms. The van der Waals surface area contributed by atoms with Crippen LogP contribution in [0.3, 0.4) is 0 Å². The molecule has 0 aliphatic carbocycles. The van der Waals surface area contributed by atoms with Crippen molar-refractivity contribution < 1.29 is 0 Å². The van der Waals surface area contributed by atoms with Crippen molar-refractivity contribution in [2.75, 3.05) is 5.32 Å². The summed E-state index contributed by atoms with van der Waals surface area (Å²) in [6.45, 7) is 2.66. The Labute approximate surface area is 111 Å². The van der Waals surface area contributed by atoms with Crippen molar-refractivity contribution in [3.63, 3.8) is 0 Å². The molecule has 1 aromatic heterocycles. The summed E-state index contributed by atoms with van der Waals surface area (Å²) < 4.78 is 1.55. The van der Waals surface area contributed by atoms with Gasteiger partial charge in [0.15, 0.2) is 0 Å². The van der Waals surface area contributed by atoms with E-state index in [-0.39, 0.29) is 5.56 Å². The number of aryl methyl sites for hydroxylation is 2. The quantitative estimate of drug-likeness (QED) is 0.923. The lowest BCUT2D eigenvalue weighted by Crippen LogP contribution is -2.15. The van der Waals surface area contributed by atoms with Crippen LogP contribution in [0.5, 0.6) is 0 Å². The van der Waals surface area contributed by atoms with E-state index in [1.807, 2.05) is 25.1 Å². The third-order valence-corrected chi connectivity index (χ3v) is 3.23. The zero-order chi connectivity index (χ0) is 13.1. The topological polar surface area (TPSA) is 34.0 Å². The number of rotatable bonds is 3.